The molecular formula is C19H26FN5O4. The monoisotopic (exact) mass is 407 g/mol. The molecule has 1 atom stereocenters. The van der Waals surface area contributed by atoms with Crippen molar-refractivity contribution in [3.8, 4) is 0 Å². The summed E-state index contributed by atoms with van der Waals surface area (Å²) in [6.07, 6.45) is 1.63. The van der Waals surface area contributed by atoms with Crippen LogP contribution in [0.1, 0.15) is 33.4 Å². The molecule has 158 valence electrons. The minimum absolute atomic E-state index is 0.309. The number of anilines is 1. The van der Waals surface area contributed by atoms with Gasteiger partial charge in [0.05, 0.1) is 29.7 Å². The largest absolute Gasteiger partial charge is 0.444 e. The fourth-order valence-electron chi connectivity index (χ4n) is 3.51. The number of carbonyl (C=O) groups is 1. The molecule has 0 saturated carbocycles. The van der Waals surface area contributed by atoms with Crippen LogP contribution in [0.3, 0.4) is 0 Å². The normalized spacial score (nSPS) is 20.9. The number of rotatable bonds is 2. The molecule has 1 N–H and O–H groups in total. The summed E-state index contributed by atoms with van der Waals surface area (Å²) in [6.45, 7) is 8.01. The highest BCUT2D eigenvalue weighted by molar-refractivity contribution is 5.80. The van der Waals surface area contributed by atoms with Crippen molar-refractivity contribution in [1.82, 2.24) is 20.1 Å². The Morgan fingerprint density at radius 2 is 2.03 bits per heavy atom. The average molecular weight is 407 g/mol. The quantitative estimate of drug-likeness (QED) is 0.820. The van der Waals surface area contributed by atoms with E-state index in [4.69, 9.17) is 14.4 Å². The zero-order chi connectivity index (χ0) is 20.6. The topological polar surface area (TPSA) is 81.1 Å². The molecule has 2 aliphatic heterocycles. The summed E-state index contributed by atoms with van der Waals surface area (Å²) in [5.74, 6) is -0.329. The van der Waals surface area contributed by atoms with Gasteiger partial charge in [-0.3, -0.25) is 9.68 Å². The third-order valence-corrected chi connectivity index (χ3v) is 4.94. The zero-order valence-electron chi connectivity index (χ0n) is 16.9. The van der Waals surface area contributed by atoms with E-state index in [1.54, 1.807) is 21.9 Å². The molecule has 1 amide bonds. The first-order chi connectivity index (χ1) is 13.8. The maximum atomic E-state index is 14.9. The average Bonchev–Trinajstić information content (AvgIpc) is 3.09. The van der Waals surface area contributed by atoms with Crippen LogP contribution >= 0.6 is 0 Å². The first-order valence-electron chi connectivity index (χ1n) is 9.73. The lowest BCUT2D eigenvalue weighted by Crippen LogP contribution is -2.50. The van der Waals surface area contributed by atoms with E-state index in [1.165, 1.54) is 6.07 Å². The SMILES string of the molecule is CC(C)(C)OC(=O)N1CCN(c2cc3ncn(C4CCONO4)c3cc2F)CC1. The second-order valence-corrected chi connectivity index (χ2v) is 8.19. The Kier molecular flexibility index (Phi) is 5.32. The molecule has 29 heavy (non-hydrogen) atoms. The molecule has 0 radical (unpaired) electrons. The Morgan fingerprint density at radius 3 is 2.69 bits per heavy atom. The van der Waals surface area contributed by atoms with Gasteiger partial charge in [-0.15, -0.1) is 0 Å². The number of ether oxygens (including phenoxy) is 1. The van der Waals surface area contributed by atoms with Crippen LogP contribution in [0.15, 0.2) is 18.5 Å². The van der Waals surface area contributed by atoms with Gasteiger partial charge in [-0.2, -0.15) is 0 Å². The zero-order valence-corrected chi connectivity index (χ0v) is 16.9. The molecule has 1 unspecified atom stereocenters. The Labute approximate surface area is 168 Å². The number of halogens is 1. The van der Waals surface area contributed by atoms with Crippen LogP contribution in [0.2, 0.25) is 0 Å². The molecule has 1 aromatic heterocycles. The van der Waals surface area contributed by atoms with Gasteiger partial charge in [-0.1, -0.05) is 5.64 Å². The van der Waals surface area contributed by atoms with Gasteiger partial charge in [0, 0.05) is 38.7 Å². The molecule has 2 aromatic rings. The standard InChI is InChI=1S/C19H26FN5O4/c1-19(2,3)28-18(26)24-7-5-23(6-8-24)15-11-14-16(10-13(15)20)25(12-21-14)17-4-9-27-22-29-17/h10-12,17,22H,4-9H2,1-3H3. The van der Waals surface area contributed by atoms with Crippen molar-refractivity contribution in [3.63, 3.8) is 0 Å². The highest BCUT2D eigenvalue weighted by Crippen LogP contribution is 2.29. The van der Waals surface area contributed by atoms with Crippen LogP contribution in [-0.4, -0.2) is 58.9 Å². The number of piperazine rings is 1. The van der Waals surface area contributed by atoms with Crippen molar-refractivity contribution < 1.29 is 23.6 Å². The van der Waals surface area contributed by atoms with Crippen LogP contribution < -0.4 is 10.5 Å². The third-order valence-electron chi connectivity index (χ3n) is 4.94. The number of amides is 1. The molecule has 9 nitrogen and oxygen atoms in total. The maximum Gasteiger partial charge on any atom is 0.410 e. The minimum Gasteiger partial charge on any atom is -0.444 e. The lowest BCUT2D eigenvalue weighted by atomic mass is 10.2. The Morgan fingerprint density at radius 1 is 1.28 bits per heavy atom. The van der Waals surface area contributed by atoms with Gasteiger partial charge in [0.25, 0.3) is 0 Å². The predicted molar refractivity (Wildman–Crippen MR) is 104 cm³/mol. The van der Waals surface area contributed by atoms with Gasteiger partial charge in [0.2, 0.25) is 0 Å². The van der Waals surface area contributed by atoms with Gasteiger partial charge in [0.15, 0.2) is 6.23 Å². The summed E-state index contributed by atoms with van der Waals surface area (Å²) >= 11 is 0. The third kappa shape index (κ3) is 4.29. The van der Waals surface area contributed by atoms with Crippen molar-refractivity contribution in [2.75, 3.05) is 37.7 Å². The fourth-order valence-corrected chi connectivity index (χ4v) is 3.51. The summed E-state index contributed by atoms with van der Waals surface area (Å²) < 4.78 is 22.1. The van der Waals surface area contributed by atoms with Crippen LogP contribution in [0.4, 0.5) is 14.9 Å². The summed E-state index contributed by atoms with van der Waals surface area (Å²) in [4.78, 5) is 30.5. The first kappa shape index (κ1) is 19.9. The number of fused-ring (bicyclic) bond motifs is 1. The van der Waals surface area contributed by atoms with E-state index in [1.807, 2.05) is 25.7 Å². The van der Waals surface area contributed by atoms with Gasteiger partial charge in [-0.05, 0) is 26.8 Å². The van der Waals surface area contributed by atoms with E-state index in [9.17, 15) is 9.18 Å². The molecule has 3 heterocycles. The highest BCUT2D eigenvalue weighted by atomic mass is 19.1. The van der Waals surface area contributed by atoms with Crippen LogP contribution in [0.25, 0.3) is 11.0 Å². The van der Waals surface area contributed by atoms with Crippen molar-refractivity contribution in [2.24, 2.45) is 0 Å². The van der Waals surface area contributed by atoms with Gasteiger partial charge in [0.1, 0.15) is 11.4 Å². The molecule has 1 aromatic carbocycles. The van der Waals surface area contributed by atoms with Crippen LogP contribution in [-0.2, 0) is 14.4 Å². The number of imidazole rings is 1. The lowest BCUT2D eigenvalue weighted by molar-refractivity contribution is -0.259. The minimum atomic E-state index is -0.534. The van der Waals surface area contributed by atoms with Crippen molar-refractivity contribution in [1.29, 1.82) is 0 Å². The molecule has 2 fully saturated rings. The van der Waals surface area contributed by atoms with Gasteiger partial charge in [-0.25, -0.2) is 14.2 Å². The second-order valence-electron chi connectivity index (χ2n) is 8.19. The van der Waals surface area contributed by atoms with Gasteiger partial charge >= 0.3 is 6.09 Å². The number of hydrogen-bond donors (Lipinski definition) is 1. The molecule has 2 aliphatic rings. The molecule has 2 saturated heterocycles. The smallest absolute Gasteiger partial charge is 0.410 e. The number of hydrogen-bond acceptors (Lipinski definition) is 7. The summed E-state index contributed by atoms with van der Waals surface area (Å²) in [7, 11) is 0. The van der Waals surface area contributed by atoms with Crippen molar-refractivity contribution in [3.05, 3.63) is 24.3 Å². The Bertz CT molecular complexity index is 883. The number of benzene rings is 1. The highest BCUT2D eigenvalue weighted by Gasteiger charge is 2.27. The van der Waals surface area contributed by atoms with Crippen LogP contribution in [0, 0.1) is 5.82 Å². The maximum absolute atomic E-state index is 14.9. The number of nitrogens with zero attached hydrogens (tertiary/aromatic N) is 4. The predicted octanol–water partition coefficient (Wildman–Crippen LogP) is 2.59. The van der Waals surface area contributed by atoms with E-state index in [0.29, 0.717) is 55.9 Å². The molecule has 0 spiro atoms. The van der Waals surface area contributed by atoms with E-state index in [2.05, 4.69) is 10.6 Å². The summed E-state index contributed by atoms with van der Waals surface area (Å²) in [5, 5.41) is 0. The van der Waals surface area contributed by atoms with Gasteiger partial charge < -0.3 is 19.1 Å². The summed E-state index contributed by atoms with van der Waals surface area (Å²) in [6, 6.07) is 3.23. The van der Waals surface area contributed by atoms with E-state index < -0.39 is 5.60 Å². The first-order valence-corrected chi connectivity index (χ1v) is 9.73. The van der Waals surface area contributed by atoms with E-state index in [-0.39, 0.29) is 18.1 Å². The lowest BCUT2D eigenvalue weighted by Gasteiger charge is -2.36. The molecule has 10 heteroatoms. The Balaban J connectivity index is 1.47. The van der Waals surface area contributed by atoms with Crippen molar-refractivity contribution in [2.45, 2.75) is 39.0 Å². The number of carbonyl (C=O) groups excluding carboxylic acids is 1. The van der Waals surface area contributed by atoms with Crippen LogP contribution in [0.5, 0.6) is 0 Å². The second kappa shape index (κ2) is 7.77. The molecule has 0 bridgehead atoms. The number of aromatic nitrogens is 2. The molecule has 4 rings (SSSR count). The Hall–Kier alpha value is -2.43. The van der Waals surface area contributed by atoms with E-state index >= 15 is 0 Å². The fraction of sp³-hybridized carbons (Fsp3) is 0.579. The molecular weight excluding hydrogens is 381 g/mol. The molecule has 0 aliphatic carbocycles. The van der Waals surface area contributed by atoms with Crippen molar-refractivity contribution >= 4 is 22.8 Å². The van der Waals surface area contributed by atoms with E-state index in [0.717, 1.165) is 0 Å². The number of nitrogens with one attached hydrogen (secondary N) is 1. The summed E-state index contributed by atoms with van der Waals surface area (Å²) in [5.41, 5.74) is 3.70.